The minimum Gasteiger partial charge on any atom is -0.481 e. The van der Waals surface area contributed by atoms with Gasteiger partial charge in [-0.1, -0.05) is 0 Å². The second kappa shape index (κ2) is 3.48. The van der Waals surface area contributed by atoms with Crippen LogP contribution in [0.4, 0.5) is 4.79 Å². The predicted molar refractivity (Wildman–Crippen MR) is 51.0 cm³/mol. The molecule has 1 atom stereocenters. The maximum Gasteiger partial charge on any atom is 0.319 e. The maximum atomic E-state index is 11.5. The molecule has 1 rings (SSSR count). The van der Waals surface area contributed by atoms with Crippen molar-refractivity contribution in [1.29, 1.82) is 0 Å². The van der Waals surface area contributed by atoms with Crippen LogP contribution < -0.4 is 0 Å². The average molecular weight is 200 g/mol. The monoisotopic (exact) mass is 200 g/mol. The smallest absolute Gasteiger partial charge is 0.319 e. The van der Waals surface area contributed by atoms with Gasteiger partial charge >= 0.3 is 12.0 Å². The zero-order valence-electron chi connectivity index (χ0n) is 8.78. The number of rotatable bonds is 1. The Balaban J connectivity index is 2.66. The van der Waals surface area contributed by atoms with Gasteiger partial charge in [-0.3, -0.25) is 4.79 Å². The number of carboxylic acid groups (broad SMARTS) is 1. The largest absolute Gasteiger partial charge is 0.481 e. The SMILES string of the molecule is CN(C)C(=O)N1CCC(C)(C(=O)O)C1. The van der Waals surface area contributed by atoms with Crippen molar-refractivity contribution < 1.29 is 14.7 Å². The molecule has 1 saturated heterocycles. The third-order valence-corrected chi connectivity index (χ3v) is 2.64. The average Bonchev–Trinajstić information content (AvgIpc) is 2.48. The Kier molecular flexibility index (Phi) is 2.69. The number of hydrogen-bond donors (Lipinski definition) is 1. The first-order valence-corrected chi connectivity index (χ1v) is 4.56. The summed E-state index contributed by atoms with van der Waals surface area (Å²) < 4.78 is 0. The van der Waals surface area contributed by atoms with Crippen molar-refractivity contribution in [2.24, 2.45) is 5.41 Å². The quantitative estimate of drug-likeness (QED) is 0.669. The molecule has 0 saturated carbocycles. The zero-order chi connectivity index (χ0) is 10.9. The molecule has 80 valence electrons. The number of carbonyl (C=O) groups is 2. The van der Waals surface area contributed by atoms with Crippen LogP contribution in [0.3, 0.4) is 0 Å². The molecule has 1 aliphatic heterocycles. The highest BCUT2D eigenvalue weighted by Gasteiger charge is 2.42. The summed E-state index contributed by atoms with van der Waals surface area (Å²) in [4.78, 5) is 25.5. The van der Waals surface area contributed by atoms with Crippen molar-refractivity contribution in [3.05, 3.63) is 0 Å². The van der Waals surface area contributed by atoms with Crippen molar-refractivity contribution in [3.8, 4) is 0 Å². The summed E-state index contributed by atoms with van der Waals surface area (Å²) in [7, 11) is 3.33. The summed E-state index contributed by atoms with van der Waals surface area (Å²) in [6.45, 7) is 2.51. The van der Waals surface area contributed by atoms with E-state index in [2.05, 4.69) is 0 Å². The van der Waals surface area contributed by atoms with Crippen LogP contribution in [-0.4, -0.2) is 54.1 Å². The first-order valence-electron chi connectivity index (χ1n) is 4.56. The second-order valence-electron chi connectivity index (χ2n) is 4.21. The van der Waals surface area contributed by atoms with Crippen LogP contribution in [0.1, 0.15) is 13.3 Å². The number of aliphatic carboxylic acids is 1. The summed E-state index contributed by atoms with van der Waals surface area (Å²) in [5, 5.41) is 8.96. The molecule has 1 unspecified atom stereocenters. The lowest BCUT2D eigenvalue weighted by atomic mass is 9.90. The Bertz CT molecular complexity index is 265. The molecule has 1 heterocycles. The van der Waals surface area contributed by atoms with Crippen LogP contribution in [0.15, 0.2) is 0 Å². The van der Waals surface area contributed by atoms with Gasteiger partial charge in [0.15, 0.2) is 0 Å². The Morgan fingerprint density at radius 1 is 1.43 bits per heavy atom. The van der Waals surface area contributed by atoms with Gasteiger partial charge < -0.3 is 14.9 Å². The van der Waals surface area contributed by atoms with Crippen LogP contribution in [0, 0.1) is 5.41 Å². The van der Waals surface area contributed by atoms with Gasteiger partial charge in [-0.25, -0.2) is 4.79 Å². The predicted octanol–water partition coefficient (Wildman–Crippen LogP) is 0.465. The third-order valence-electron chi connectivity index (χ3n) is 2.64. The van der Waals surface area contributed by atoms with Crippen molar-refractivity contribution in [1.82, 2.24) is 9.80 Å². The van der Waals surface area contributed by atoms with Crippen molar-refractivity contribution in [2.45, 2.75) is 13.3 Å². The first-order chi connectivity index (χ1) is 6.37. The number of hydrogen-bond acceptors (Lipinski definition) is 2. The van der Waals surface area contributed by atoms with E-state index in [1.54, 1.807) is 25.9 Å². The highest BCUT2D eigenvalue weighted by Crippen LogP contribution is 2.30. The van der Waals surface area contributed by atoms with E-state index in [0.29, 0.717) is 19.5 Å². The fourth-order valence-electron chi connectivity index (χ4n) is 1.58. The molecule has 0 bridgehead atoms. The minimum atomic E-state index is -0.827. The first kappa shape index (κ1) is 10.8. The summed E-state index contributed by atoms with van der Waals surface area (Å²) in [6.07, 6.45) is 0.530. The Morgan fingerprint density at radius 3 is 2.36 bits per heavy atom. The molecule has 1 aliphatic rings. The van der Waals surface area contributed by atoms with E-state index in [9.17, 15) is 9.59 Å². The lowest BCUT2D eigenvalue weighted by Gasteiger charge is -2.23. The zero-order valence-corrected chi connectivity index (χ0v) is 8.78. The molecular formula is C9H16N2O3. The number of carboxylic acids is 1. The molecule has 2 amide bonds. The van der Waals surface area contributed by atoms with Crippen LogP contribution in [-0.2, 0) is 4.79 Å². The Labute approximate surface area is 83.3 Å². The number of likely N-dealkylation sites (tertiary alicyclic amines) is 1. The van der Waals surface area contributed by atoms with Gasteiger partial charge in [0, 0.05) is 27.2 Å². The van der Waals surface area contributed by atoms with Gasteiger partial charge in [0.2, 0.25) is 0 Å². The maximum absolute atomic E-state index is 11.5. The molecule has 0 aromatic rings. The van der Waals surface area contributed by atoms with E-state index >= 15 is 0 Å². The lowest BCUT2D eigenvalue weighted by Crippen LogP contribution is -2.40. The molecule has 5 nitrogen and oxygen atoms in total. The van der Waals surface area contributed by atoms with E-state index in [0.717, 1.165) is 0 Å². The number of urea groups is 1. The van der Waals surface area contributed by atoms with Crippen molar-refractivity contribution in [3.63, 3.8) is 0 Å². The Morgan fingerprint density at radius 2 is 2.00 bits per heavy atom. The van der Waals surface area contributed by atoms with Gasteiger partial charge in [0.1, 0.15) is 0 Å². The summed E-state index contributed by atoms with van der Waals surface area (Å²) in [6, 6.07) is -0.116. The molecule has 14 heavy (non-hydrogen) atoms. The number of amides is 2. The highest BCUT2D eigenvalue weighted by molar-refractivity contribution is 5.79. The fourth-order valence-corrected chi connectivity index (χ4v) is 1.58. The number of carbonyl (C=O) groups excluding carboxylic acids is 1. The highest BCUT2D eigenvalue weighted by atomic mass is 16.4. The van der Waals surface area contributed by atoms with E-state index in [-0.39, 0.29) is 6.03 Å². The molecule has 0 spiro atoms. The molecule has 0 aromatic carbocycles. The van der Waals surface area contributed by atoms with Crippen molar-refractivity contribution in [2.75, 3.05) is 27.2 Å². The van der Waals surface area contributed by atoms with Crippen LogP contribution >= 0.6 is 0 Å². The summed E-state index contributed by atoms with van der Waals surface area (Å²) in [5.74, 6) is -0.827. The van der Waals surface area contributed by atoms with Gasteiger partial charge in [0.25, 0.3) is 0 Å². The van der Waals surface area contributed by atoms with E-state index in [1.807, 2.05) is 0 Å². The molecule has 1 fully saturated rings. The molecule has 1 N–H and O–H groups in total. The summed E-state index contributed by atoms with van der Waals surface area (Å²) in [5.41, 5.74) is -0.772. The fraction of sp³-hybridized carbons (Fsp3) is 0.778. The number of nitrogens with zero attached hydrogens (tertiary/aromatic N) is 2. The van der Waals surface area contributed by atoms with Gasteiger partial charge in [-0.05, 0) is 13.3 Å². The van der Waals surface area contributed by atoms with Gasteiger partial charge in [-0.15, -0.1) is 0 Å². The standard InChI is InChI=1S/C9H16N2O3/c1-9(7(12)13)4-5-11(6-9)8(14)10(2)3/h4-6H2,1-3H3,(H,12,13). The van der Waals surface area contributed by atoms with E-state index in [1.165, 1.54) is 4.90 Å². The normalized spacial score (nSPS) is 26.4. The van der Waals surface area contributed by atoms with Crippen LogP contribution in [0.5, 0.6) is 0 Å². The lowest BCUT2D eigenvalue weighted by molar-refractivity contribution is -0.147. The van der Waals surface area contributed by atoms with E-state index in [4.69, 9.17) is 5.11 Å². The van der Waals surface area contributed by atoms with Crippen molar-refractivity contribution >= 4 is 12.0 Å². The molecule has 0 radical (unpaired) electrons. The van der Waals surface area contributed by atoms with E-state index < -0.39 is 11.4 Å². The molecule has 0 aromatic heterocycles. The van der Waals surface area contributed by atoms with Crippen LogP contribution in [0.2, 0.25) is 0 Å². The second-order valence-corrected chi connectivity index (χ2v) is 4.21. The van der Waals surface area contributed by atoms with Gasteiger partial charge in [-0.2, -0.15) is 0 Å². The topological polar surface area (TPSA) is 60.9 Å². The molecular weight excluding hydrogens is 184 g/mol. The van der Waals surface area contributed by atoms with Crippen LogP contribution in [0.25, 0.3) is 0 Å². The third kappa shape index (κ3) is 1.81. The minimum absolute atomic E-state index is 0.116. The molecule has 0 aliphatic carbocycles. The Hall–Kier alpha value is -1.26. The van der Waals surface area contributed by atoms with Gasteiger partial charge in [0.05, 0.1) is 5.41 Å². The summed E-state index contributed by atoms with van der Waals surface area (Å²) >= 11 is 0. The molecule has 5 heteroatoms.